The molecule has 0 radical (unpaired) electrons. The minimum absolute atomic E-state index is 0.263. The summed E-state index contributed by atoms with van der Waals surface area (Å²) in [6.07, 6.45) is 6.43. The Kier molecular flexibility index (Phi) is 4.81. The van der Waals surface area contributed by atoms with Gasteiger partial charge in [0.1, 0.15) is 0 Å². The number of nitrogens with zero attached hydrogens (tertiary/aromatic N) is 1. The summed E-state index contributed by atoms with van der Waals surface area (Å²) in [5, 5.41) is 0. The molecule has 2 nitrogen and oxygen atoms in total. The van der Waals surface area contributed by atoms with Gasteiger partial charge >= 0.3 is 0 Å². The Labute approximate surface area is 102 Å². The minimum Gasteiger partial charge on any atom is -0.329 e. The molecule has 96 valence electrons. The van der Waals surface area contributed by atoms with E-state index in [1.54, 1.807) is 0 Å². The van der Waals surface area contributed by atoms with Crippen molar-refractivity contribution in [3.8, 4) is 0 Å². The molecule has 0 aliphatic heterocycles. The summed E-state index contributed by atoms with van der Waals surface area (Å²) in [5.74, 6) is 0. The fourth-order valence-corrected chi connectivity index (χ4v) is 3.57. The van der Waals surface area contributed by atoms with Gasteiger partial charge in [-0.05, 0) is 44.2 Å². The summed E-state index contributed by atoms with van der Waals surface area (Å²) in [6.45, 7) is 12.6. The largest absolute Gasteiger partial charge is 0.329 e. The third kappa shape index (κ3) is 2.28. The number of hydrogen-bond donors (Lipinski definition) is 1. The van der Waals surface area contributed by atoms with E-state index in [1.165, 1.54) is 45.2 Å². The van der Waals surface area contributed by atoms with Gasteiger partial charge < -0.3 is 5.73 Å². The lowest BCUT2D eigenvalue weighted by Gasteiger charge is -2.49. The highest BCUT2D eigenvalue weighted by atomic mass is 15.2. The van der Waals surface area contributed by atoms with Crippen molar-refractivity contribution < 1.29 is 0 Å². The van der Waals surface area contributed by atoms with Gasteiger partial charge in [-0.25, -0.2) is 0 Å². The molecule has 0 saturated heterocycles. The lowest BCUT2D eigenvalue weighted by atomic mass is 9.73. The second-order valence-electron chi connectivity index (χ2n) is 5.96. The maximum absolute atomic E-state index is 6.16. The number of nitrogens with two attached hydrogens (primary N) is 1. The van der Waals surface area contributed by atoms with E-state index in [4.69, 9.17) is 5.73 Å². The van der Waals surface area contributed by atoms with Crippen molar-refractivity contribution >= 4 is 0 Å². The van der Waals surface area contributed by atoms with E-state index < -0.39 is 0 Å². The van der Waals surface area contributed by atoms with E-state index in [1.807, 2.05) is 0 Å². The van der Waals surface area contributed by atoms with Crippen LogP contribution in [0.1, 0.15) is 59.8 Å². The highest BCUT2D eigenvalue weighted by Gasteiger charge is 2.50. The first-order valence-electron chi connectivity index (χ1n) is 6.99. The first kappa shape index (κ1) is 14.0. The van der Waals surface area contributed by atoms with Gasteiger partial charge in [0.25, 0.3) is 0 Å². The third-order valence-corrected chi connectivity index (χ3v) is 4.58. The van der Waals surface area contributed by atoms with Crippen molar-refractivity contribution in [1.29, 1.82) is 0 Å². The molecule has 1 rings (SSSR count). The number of rotatable bonds is 6. The van der Waals surface area contributed by atoms with Gasteiger partial charge in [0.15, 0.2) is 0 Å². The van der Waals surface area contributed by atoms with Crippen molar-refractivity contribution in [3.05, 3.63) is 0 Å². The molecule has 0 spiro atoms. The summed E-state index contributed by atoms with van der Waals surface area (Å²) in [4.78, 5) is 2.68. The molecule has 16 heavy (non-hydrogen) atoms. The average Bonchev–Trinajstić information content (AvgIpc) is 2.54. The molecule has 0 bridgehead atoms. The second-order valence-corrected chi connectivity index (χ2v) is 5.96. The molecule has 1 saturated carbocycles. The molecule has 0 aromatic heterocycles. The molecule has 2 heteroatoms. The summed E-state index contributed by atoms with van der Waals surface area (Å²) >= 11 is 0. The fourth-order valence-electron chi connectivity index (χ4n) is 3.57. The first-order chi connectivity index (χ1) is 7.54. The van der Waals surface area contributed by atoms with E-state index in [0.717, 1.165) is 6.54 Å². The topological polar surface area (TPSA) is 29.3 Å². The van der Waals surface area contributed by atoms with E-state index in [-0.39, 0.29) is 5.54 Å². The Hall–Kier alpha value is -0.0800. The Morgan fingerprint density at radius 1 is 1.06 bits per heavy atom. The van der Waals surface area contributed by atoms with Gasteiger partial charge in [-0.1, -0.05) is 34.1 Å². The van der Waals surface area contributed by atoms with Crippen LogP contribution in [0.15, 0.2) is 0 Å². The molecule has 0 aromatic rings. The van der Waals surface area contributed by atoms with Crippen LogP contribution in [0.4, 0.5) is 0 Å². The van der Waals surface area contributed by atoms with Crippen molar-refractivity contribution in [3.63, 3.8) is 0 Å². The molecule has 0 aromatic carbocycles. The van der Waals surface area contributed by atoms with Crippen LogP contribution >= 0.6 is 0 Å². The highest BCUT2D eigenvalue weighted by molar-refractivity contribution is 5.06. The van der Waals surface area contributed by atoms with Gasteiger partial charge in [0.2, 0.25) is 0 Å². The zero-order valence-electron chi connectivity index (χ0n) is 11.7. The second kappa shape index (κ2) is 5.50. The Morgan fingerprint density at radius 2 is 1.62 bits per heavy atom. The van der Waals surface area contributed by atoms with Crippen LogP contribution in [-0.2, 0) is 0 Å². The zero-order chi connectivity index (χ0) is 12.2. The quantitative estimate of drug-likeness (QED) is 0.754. The van der Waals surface area contributed by atoms with Gasteiger partial charge in [-0.3, -0.25) is 4.90 Å². The third-order valence-electron chi connectivity index (χ3n) is 4.58. The summed E-state index contributed by atoms with van der Waals surface area (Å²) in [5.41, 5.74) is 6.81. The monoisotopic (exact) mass is 226 g/mol. The van der Waals surface area contributed by atoms with Gasteiger partial charge in [-0.2, -0.15) is 0 Å². The summed E-state index contributed by atoms with van der Waals surface area (Å²) in [7, 11) is 0. The predicted molar refractivity (Wildman–Crippen MR) is 71.6 cm³/mol. The molecule has 0 heterocycles. The molecule has 2 N–H and O–H groups in total. The maximum atomic E-state index is 6.16. The van der Waals surface area contributed by atoms with Crippen LogP contribution in [0.5, 0.6) is 0 Å². The van der Waals surface area contributed by atoms with Crippen LogP contribution in [0.2, 0.25) is 0 Å². The molecule has 1 atom stereocenters. The lowest BCUT2D eigenvalue weighted by molar-refractivity contribution is 0.0125. The highest BCUT2D eigenvalue weighted by Crippen LogP contribution is 2.49. The molecular weight excluding hydrogens is 196 g/mol. The van der Waals surface area contributed by atoms with Crippen molar-refractivity contribution in [2.75, 3.05) is 19.6 Å². The average molecular weight is 226 g/mol. The molecule has 1 aliphatic carbocycles. The van der Waals surface area contributed by atoms with Crippen molar-refractivity contribution in [2.45, 2.75) is 65.3 Å². The van der Waals surface area contributed by atoms with E-state index >= 15 is 0 Å². The van der Waals surface area contributed by atoms with E-state index in [9.17, 15) is 0 Å². The normalized spacial score (nSPS) is 28.9. The van der Waals surface area contributed by atoms with Gasteiger partial charge in [0.05, 0.1) is 0 Å². The summed E-state index contributed by atoms with van der Waals surface area (Å²) < 4.78 is 0. The first-order valence-corrected chi connectivity index (χ1v) is 6.99. The molecule has 1 aliphatic rings. The van der Waals surface area contributed by atoms with Crippen LogP contribution in [-0.4, -0.2) is 30.1 Å². The van der Waals surface area contributed by atoms with Crippen LogP contribution in [0.3, 0.4) is 0 Å². The van der Waals surface area contributed by atoms with Crippen LogP contribution < -0.4 is 5.73 Å². The van der Waals surface area contributed by atoms with Crippen LogP contribution in [0.25, 0.3) is 0 Å². The lowest BCUT2D eigenvalue weighted by Crippen LogP contribution is -2.60. The molecular formula is C14H30N2. The maximum Gasteiger partial charge on any atom is 0.0382 e. The van der Waals surface area contributed by atoms with Crippen molar-refractivity contribution in [1.82, 2.24) is 4.90 Å². The Bertz CT molecular complexity index is 207. The molecule has 1 fully saturated rings. The zero-order valence-corrected chi connectivity index (χ0v) is 11.7. The standard InChI is InChI=1S/C14H30N2/c1-5-10-16(11-6-2)14(12-15)9-7-8-13(14,3)4/h5-12,15H2,1-4H3. The minimum atomic E-state index is 0.263. The molecule has 0 amide bonds. The predicted octanol–water partition coefficient (Wildman–Crippen LogP) is 3.02. The van der Waals surface area contributed by atoms with E-state index in [0.29, 0.717) is 5.41 Å². The fraction of sp³-hybridized carbons (Fsp3) is 1.00. The summed E-state index contributed by atoms with van der Waals surface area (Å²) in [6, 6.07) is 0. The number of hydrogen-bond acceptors (Lipinski definition) is 2. The van der Waals surface area contributed by atoms with Gasteiger partial charge in [-0.15, -0.1) is 0 Å². The van der Waals surface area contributed by atoms with Crippen LogP contribution in [0, 0.1) is 5.41 Å². The van der Waals surface area contributed by atoms with Crippen molar-refractivity contribution in [2.24, 2.45) is 11.1 Å². The smallest absolute Gasteiger partial charge is 0.0382 e. The van der Waals surface area contributed by atoms with Gasteiger partial charge in [0, 0.05) is 12.1 Å². The Morgan fingerprint density at radius 3 is 1.94 bits per heavy atom. The SMILES string of the molecule is CCCN(CCC)C1(CN)CCCC1(C)C. The van der Waals surface area contributed by atoms with E-state index in [2.05, 4.69) is 32.6 Å². The Balaban J connectivity index is 2.91. The molecule has 1 unspecified atom stereocenters.